The molecule has 0 aromatic heterocycles. The number of rotatable bonds is 2. The minimum Gasteiger partial charge on any atom is -0.295 e. The van der Waals surface area contributed by atoms with Crippen molar-refractivity contribution in [1.29, 1.82) is 0 Å². The Bertz CT molecular complexity index is 218. The first-order chi connectivity index (χ1) is 5.18. The van der Waals surface area contributed by atoms with Crippen LogP contribution in [0.2, 0.25) is 0 Å². The number of hydrogen-bond donors (Lipinski definition) is 1. The number of thiol groups is 1. The molecule has 0 saturated carbocycles. The third-order valence-electron chi connectivity index (χ3n) is 1.66. The second-order valence-corrected chi connectivity index (χ2v) is 3.19. The van der Waals surface area contributed by atoms with E-state index in [0.29, 0.717) is 12.8 Å². The van der Waals surface area contributed by atoms with Gasteiger partial charge in [-0.15, -0.1) is 12.6 Å². The molecule has 0 amide bonds. The van der Waals surface area contributed by atoms with Gasteiger partial charge in [0.1, 0.15) is 0 Å². The van der Waals surface area contributed by atoms with Crippen LogP contribution in [0.15, 0.2) is 11.6 Å². The molecule has 0 atom stereocenters. The van der Waals surface area contributed by atoms with Crippen molar-refractivity contribution in [2.75, 3.05) is 0 Å². The zero-order chi connectivity index (χ0) is 8.27. The van der Waals surface area contributed by atoms with Crippen LogP contribution < -0.4 is 0 Å². The molecule has 0 N–H and O–H groups in total. The van der Waals surface area contributed by atoms with E-state index >= 15 is 0 Å². The van der Waals surface area contributed by atoms with Gasteiger partial charge in [0.05, 0.1) is 0 Å². The lowest BCUT2D eigenvalue weighted by atomic mass is 9.97. The quantitative estimate of drug-likeness (QED) is 0.637. The van der Waals surface area contributed by atoms with Gasteiger partial charge in [-0.3, -0.25) is 9.59 Å². The van der Waals surface area contributed by atoms with Crippen LogP contribution in [0.5, 0.6) is 0 Å². The summed E-state index contributed by atoms with van der Waals surface area (Å²) in [5, 5.41) is -0.161. The molecule has 1 aliphatic carbocycles. The minimum absolute atomic E-state index is 0.140. The first-order valence-electron chi connectivity index (χ1n) is 3.62. The van der Waals surface area contributed by atoms with Gasteiger partial charge in [-0.25, -0.2) is 0 Å². The Balaban J connectivity index is 2.56. The summed E-state index contributed by atoms with van der Waals surface area (Å²) in [6, 6.07) is 0. The maximum atomic E-state index is 10.8. The zero-order valence-corrected chi connectivity index (χ0v) is 7.06. The number of carbonyl (C=O) groups excluding carboxylic acids is 2. The van der Waals surface area contributed by atoms with Crippen LogP contribution >= 0.6 is 12.6 Å². The predicted molar refractivity (Wildman–Crippen MR) is 45.6 cm³/mol. The van der Waals surface area contributed by atoms with E-state index in [2.05, 4.69) is 12.6 Å². The minimum atomic E-state index is -0.161. The van der Waals surface area contributed by atoms with Gasteiger partial charge in [-0.2, -0.15) is 0 Å². The second kappa shape index (κ2) is 3.72. The van der Waals surface area contributed by atoms with Crippen LogP contribution in [0, 0.1) is 0 Å². The molecule has 0 bridgehead atoms. The van der Waals surface area contributed by atoms with E-state index in [1.54, 1.807) is 6.08 Å². The SMILES string of the molecule is O=C(S)CC1=CC(=O)CCC1. The molecule has 1 rings (SSSR count). The van der Waals surface area contributed by atoms with Crippen molar-refractivity contribution in [3.63, 3.8) is 0 Å². The first-order valence-corrected chi connectivity index (χ1v) is 4.07. The third kappa shape index (κ3) is 2.89. The number of carbonyl (C=O) groups is 2. The van der Waals surface area contributed by atoms with Crippen molar-refractivity contribution in [1.82, 2.24) is 0 Å². The average molecular weight is 170 g/mol. The van der Waals surface area contributed by atoms with Gasteiger partial charge in [0, 0.05) is 12.8 Å². The molecule has 0 radical (unpaired) electrons. The van der Waals surface area contributed by atoms with Crippen LogP contribution in [0.1, 0.15) is 25.7 Å². The molecule has 0 heterocycles. The Morgan fingerprint density at radius 3 is 2.82 bits per heavy atom. The van der Waals surface area contributed by atoms with E-state index in [4.69, 9.17) is 0 Å². The third-order valence-corrected chi connectivity index (χ3v) is 1.82. The molecular formula is C8H10O2S. The summed E-state index contributed by atoms with van der Waals surface area (Å²) < 4.78 is 0. The zero-order valence-electron chi connectivity index (χ0n) is 6.17. The van der Waals surface area contributed by atoms with Gasteiger partial charge < -0.3 is 0 Å². The molecule has 1 aliphatic rings. The summed E-state index contributed by atoms with van der Waals surface area (Å²) in [5.74, 6) is 0.140. The second-order valence-electron chi connectivity index (χ2n) is 2.69. The lowest BCUT2D eigenvalue weighted by Crippen LogP contribution is -2.04. The highest BCUT2D eigenvalue weighted by atomic mass is 32.1. The summed E-state index contributed by atoms with van der Waals surface area (Å²) in [4.78, 5) is 21.4. The van der Waals surface area contributed by atoms with E-state index in [1.165, 1.54) is 0 Å². The normalized spacial score (nSPS) is 17.9. The van der Waals surface area contributed by atoms with Crippen molar-refractivity contribution in [2.45, 2.75) is 25.7 Å². The molecule has 0 fully saturated rings. The Morgan fingerprint density at radius 2 is 2.27 bits per heavy atom. The molecule has 0 aromatic rings. The van der Waals surface area contributed by atoms with Gasteiger partial charge >= 0.3 is 0 Å². The van der Waals surface area contributed by atoms with Gasteiger partial charge in [0.25, 0.3) is 0 Å². The smallest absolute Gasteiger partial charge is 0.189 e. The lowest BCUT2D eigenvalue weighted by molar-refractivity contribution is -0.115. The maximum Gasteiger partial charge on any atom is 0.189 e. The van der Waals surface area contributed by atoms with E-state index in [1.807, 2.05) is 0 Å². The van der Waals surface area contributed by atoms with Crippen LogP contribution in [-0.2, 0) is 9.59 Å². The fourth-order valence-corrected chi connectivity index (χ4v) is 1.40. The van der Waals surface area contributed by atoms with Crippen molar-refractivity contribution in [3.8, 4) is 0 Å². The fraction of sp³-hybridized carbons (Fsp3) is 0.500. The van der Waals surface area contributed by atoms with Crippen LogP contribution in [0.4, 0.5) is 0 Å². The van der Waals surface area contributed by atoms with Gasteiger partial charge in [0.2, 0.25) is 0 Å². The number of allylic oxidation sites excluding steroid dienone is 2. The number of ketones is 1. The highest BCUT2D eigenvalue weighted by Gasteiger charge is 2.10. The molecular weight excluding hydrogens is 160 g/mol. The van der Waals surface area contributed by atoms with Crippen LogP contribution in [0.3, 0.4) is 0 Å². The Kier molecular flexibility index (Phi) is 2.88. The van der Waals surface area contributed by atoms with Crippen LogP contribution in [-0.4, -0.2) is 10.9 Å². The predicted octanol–water partition coefficient (Wildman–Crippen LogP) is 1.51. The Morgan fingerprint density at radius 1 is 1.55 bits per heavy atom. The summed E-state index contributed by atoms with van der Waals surface area (Å²) in [6.07, 6.45) is 4.29. The molecule has 60 valence electrons. The van der Waals surface area contributed by atoms with Gasteiger partial charge in [-0.1, -0.05) is 5.57 Å². The van der Waals surface area contributed by atoms with E-state index in [-0.39, 0.29) is 10.9 Å². The standard InChI is InChI=1S/C8H10O2S/c9-7-3-1-2-6(4-7)5-8(10)11/h4H,1-3,5H2,(H,10,11). The molecule has 0 saturated heterocycles. The van der Waals surface area contributed by atoms with Crippen LogP contribution in [0.25, 0.3) is 0 Å². The van der Waals surface area contributed by atoms with E-state index < -0.39 is 0 Å². The maximum absolute atomic E-state index is 10.8. The van der Waals surface area contributed by atoms with Crippen molar-refractivity contribution >= 4 is 23.5 Å². The van der Waals surface area contributed by atoms with E-state index in [9.17, 15) is 9.59 Å². The highest BCUT2D eigenvalue weighted by Crippen LogP contribution is 2.18. The average Bonchev–Trinajstić information content (AvgIpc) is 1.85. The summed E-state index contributed by atoms with van der Waals surface area (Å²) in [6.45, 7) is 0. The lowest BCUT2D eigenvalue weighted by Gasteiger charge is -2.08. The Labute approximate surface area is 71.1 Å². The van der Waals surface area contributed by atoms with Gasteiger partial charge in [0.15, 0.2) is 10.9 Å². The molecule has 0 aromatic carbocycles. The molecule has 2 nitrogen and oxygen atoms in total. The first kappa shape index (κ1) is 8.53. The molecule has 0 unspecified atom stereocenters. The molecule has 3 heteroatoms. The summed E-state index contributed by atoms with van der Waals surface area (Å²) >= 11 is 3.65. The highest BCUT2D eigenvalue weighted by molar-refractivity contribution is 7.96. The van der Waals surface area contributed by atoms with Gasteiger partial charge in [-0.05, 0) is 18.9 Å². The molecule has 0 aliphatic heterocycles. The van der Waals surface area contributed by atoms with Crippen molar-refractivity contribution in [2.24, 2.45) is 0 Å². The Hall–Kier alpha value is -0.570. The largest absolute Gasteiger partial charge is 0.295 e. The fourth-order valence-electron chi connectivity index (χ4n) is 1.20. The van der Waals surface area contributed by atoms with Crippen molar-refractivity contribution < 1.29 is 9.59 Å². The van der Waals surface area contributed by atoms with Crippen molar-refractivity contribution in [3.05, 3.63) is 11.6 Å². The topological polar surface area (TPSA) is 34.1 Å². The van der Waals surface area contributed by atoms with E-state index in [0.717, 1.165) is 18.4 Å². The summed E-state index contributed by atoms with van der Waals surface area (Å²) in [7, 11) is 0. The monoisotopic (exact) mass is 170 g/mol. The number of hydrogen-bond acceptors (Lipinski definition) is 2. The molecule has 11 heavy (non-hydrogen) atoms. The molecule has 0 spiro atoms. The summed E-state index contributed by atoms with van der Waals surface area (Å²) in [5.41, 5.74) is 0.932.